The zero-order valence-corrected chi connectivity index (χ0v) is 17.4. The molecule has 22 heavy (non-hydrogen) atoms. The second-order valence-electron chi connectivity index (χ2n) is 7.53. The normalized spacial score (nSPS) is 23.7. The monoisotopic (exact) mass is 395 g/mol. The average molecular weight is 396 g/mol. The summed E-state index contributed by atoms with van der Waals surface area (Å²) in [7, 11) is 1.22. The van der Waals surface area contributed by atoms with E-state index in [0.717, 1.165) is 0 Å². The van der Waals surface area contributed by atoms with Crippen molar-refractivity contribution in [2.75, 3.05) is 26.2 Å². The van der Waals surface area contributed by atoms with Crippen molar-refractivity contribution in [3.8, 4) is 0 Å². The molecule has 1 fully saturated rings. The van der Waals surface area contributed by atoms with Crippen molar-refractivity contribution in [2.24, 2.45) is 5.92 Å². The molecule has 0 aromatic carbocycles. The van der Waals surface area contributed by atoms with Crippen molar-refractivity contribution in [2.45, 2.75) is 57.2 Å². The fourth-order valence-electron chi connectivity index (χ4n) is 2.82. The largest absolute Gasteiger partial charge is 0.395 e. The Kier molecular flexibility index (Phi) is 6.29. The van der Waals surface area contributed by atoms with E-state index >= 15 is 0 Å². The number of alkyl halides is 1. The number of nitrogens with zero attached hydrogens (tertiary/aromatic N) is 1. The number of carbonyl (C=O) groups excluding carboxylic acids is 1. The summed E-state index contributed by atoms with van der Waals surface area (Å²) in [4.78, 5) is 12.6. The fourth-order valence-corrected chi connectivity index (χ4v) is 6.05. The third-order valence-corrected chi connectivity index (χ3v) is 11.7. The van der Waals surface area contributed by atoms with Crippen LogP contribution in [0.4, 0.5) is 0 Å². The molecule has 1 rings (SSSR count). The Morgan fingerprint density at radius 2 is 1.77 bits per heavy atom. The van der Waals surface area contributed by atoms with Crippen molar-refractivity contribution >= 4 is 30.1 Å². The molecular formula is C15H30BrNO4Si. The van der Waals surface area contributed by atoms with Gasteiger partial charge in [-0.25, -0.2) is 0 Å². The van der Waals surface area contributed by atoms with Gasteiger partial charge in [0, 0.05) is 26.7 Å². The van der Waals surface area contributed by atoms with E-state index in [1.165, 1.54) is 0 Å². The molecule has 130 valence electrons. The van der Waals surface area contributed by atoms with Crippen LogP contribution in [0.25, 0.3) is 0 Å². The second-order valence-corrected chi connectivity index (χ2v) is 13.2. The van der Waals surface area contributed by atoms with Crippen LogP contribution in [0.5, 0.6) is 0 Å². The van der Waals surface area contributed by atoms with Crippen LogP contribution < -0.4 is 0 Å². The Hall–Kier alpha value is 0.0469. The minimum atomic E-state index is -2.00. The Bertz CT molecular complexity index is 399. The highest BCUT2D eigenvalue weighted by atomic mass is 79.9. The maximum Gasteiger partial charge on any atom is 0.222 e. The molecule has 0 aliphatic carbocycles. The van der Waals surface area contributed by atoms with Gasteiger partial charge in [-0.2, -0.15) is 0 Å². The van der Waals surface area contributed by atoms with Crippen LogP contribution >= 0.6 is 15.9 Å². The van der Waals surface area contributed by atoms with Crippen LogP contribution in [0.3, 0.4) is 0 Å². The summed E-state index contributed by atoms with van der Waals surface area (Å²) in [6, 6.07) is -0.0455. The van der Waals surface area contributed by atoms with Crippen LogP contribution in [0.1, 0.15) is 27.2 Å². The van der Waals surface area contributed by atoms with Gasteiger partial charge in [0.25, 0.3) is 0 Å². The highest BCUT2D eigenvalue weighted by molar-refractivity contribution is 9.09. The SMILES string of the molecule is COC(CBr)(C[C@H]1[C@H](CO)C(=O)N1[Si](C)(C)C(C)(C)C)OC. The van der Waals surface area contributed by atoms with Crippen LogP contribution in [-0.4, -0.2) is 61.8 Å². The standard InChI is InChI=1S/C15H30BrNO4Si/c1-14(2,3)22(6,7)17-12(11(9-18)13(17)19)8-15(10-16,20-4)21-5/h11-12,18H,8-10H2,1-7H3/t11-,12-/m0/s1. The molecule has 2 atom stereocenters. The van der Waals surface area contributed by atoms with E-state index in [0.29, 0.717) is 11.8 Å². The summed E-state index contributed by atoms with van der Waals surface area (Å²) in [5.74, 6) is -1.06. The average Bonchev–Trinajstić information content (AvgIpc) is 2.42. The lowest BCUT2D eigenvalue weighted by Gasteiger charge is -2.59. The third-order valence-electron chi connectivity index (χ3n) is 5.45. The molecule has 0 saturated carbocycles. The minimum Gasteiger partial charge on any atom is -0.395 e. The van der Waals surface area contributed by atoms with Gasteiger partial charge in [-0.05, 0) is 5.04 Å². The molecule has 0 unspecified atom stereocenters. The predicted molar refractivity (Wildman–Crippen MR) is 93.6 cm³/mol. The maximum atomic E-state index is 12.6. The quantitative estimate of drug-likeness (QED) is 0.311. The molecule has 5 nitrogen and oxygen atoms in total. The zero-order valence-electron chi connectivity index (χ0n) is 14.8. The number of hydrogen-bond donors (Lipinski definition) is 1. The van der Waals surface area contributed by atoms with Gasteiger partial charge in [-0.15, -0.1) is 0 Å². The van der Waals surface area contributed by atoms with E-state index in [9.17, 15) is 9.90 Å². The molecule has 7 heteroatoms. The molecule has 1 N–H and O–H groups in total. The Labute approximate surface area is 143 Å². The van der Waals surface area contributed by atoms with Gasteiger partial charge >= 0.3 is 0 Å². The molecule has 0 bridgehead atoms. The summed E-state index contributed by atoms with van der Waals surface area (Å²) in [6.07, 6.45) is 0.550. The van der Waals surface area contributed by atoms with Crippen LogP contribution in [0.15, 0.2) is 0 Å². The Morgan fingerprint density at radius 1 is 1.27 bits per heavy atom. The van der Waals surface area contributed by atoms with E-state index in [-0.39, 0.29) is 29.5 Å². The van der Waals surface area contributed by atoms with Crippen LogP contribution in [-0.2, 0) is 14.3 Å². The summed E-state index contributed by atoms with van der Waals surface area (Å²) < 4.78 is 13.1. The number of carbonyl (C=O) groups is 1. The number of aliphatic hydroxyl groups excluding tert-OH is 1. The van der Waals surface area contributed by atoms with E-state index in [1.54, 1.807) is 14.2 Å². The summed E-state index contributed by atoms with van der Waals surface area (Å²) >= 11 is 3.44. The van der Waals surface area contributed by atoms with E-state index in [2.05, 4.69) is 49.8 Å². The molecule has 1 aliphatic rings. The lowest BCUT2D eigenvalue weighted by Crippen LogP contribution is -2.74. The number of halogens is 1. The van der Waals surface area contributed by atoms with Crippen molar-refractivity contribution in [3.63, 3.8) is 0 Å². The predicted octanol–water partition coefficient (Wildman–Crippen LogP) is 2.59. The molecule has 1 saturated heterocycles. The molecule has 0 aromatic rings. The van der Waals surface area contributed by atoms with Gasteiger partial charge in [0.1, 0.15) is 0 Å². The maximum absolute atomic E-state index is 12.6. The van der Waals surface area contributed by atoms with Crippen LogP contribution in [0.2, 0.25) is 18.1 Å². The molecule has 0 aromatic heterocycles. The van der Waals surface area contributed by atoms with Crippen molar-refractivity contribution in [1.82, 2.24) is 4.57 Å². The lowest BCUT2D eigenvalue weighted by molar-refractivity contribution is -0.209. The van der Waals surface area contributed by atoms with Crippen LogP contribution in [0, 0.1) is 5.92 Å². The topological polar surface area (TPSA) is 59.0 Å². The summed E-state index contributed by atoms with van der Waals surface area (Å²) in [5, 5.41) is 10.2. The number of β-lactam (4-membered cyclic amide) rings is 1. The lowest BCUT2D eigenvalue weighted by atomic mass is 9.86. The molecule has 1 aliphatic heterocycles. The third kappa shape index (κ3) is 3.29. The second kappa shape index (κ2) is 6.89. The van der Waals surface area contributed by atoms with E-state index < -0.39 is 14.0 Å². The smallest absolute Gasteiger partial charge is 0.222 e. The first-order valence-corrected chi connectivity index (χ1v) is 11.7. The molecule has 1 amide bonds. The van der Waals surface area contributed by atoms with Crippen molar-refractivity contribution < 1.29 is 19.4 Å². The fraction of sp³-hybridized carbons (Fsp3) is 0.933. The molecule has 0 radical (unpaired) electrons. The summed E-state index contributed by atoms with van der Waals surface area (Å²) in [5.41, 5.74) is 0. The molecule has 0 spiro atoms. The van der Waals surface area contributed by atoms with Gasteiger partial charge in [0.05, 0.1) is 17.9 Å². The van der Waals surface area contributed by atoms with E-state index in [4.69, 9.17) is 9.47 Å². The summed E-state index contributed by atoms with van der Waals surface area (Å²) in [6.45, 7) is 10.8. The number of ether oxygens (including phenoxy) is 2. The number of aliphatic hydroxyl groups is 1. The Morgan fingerprint density at radius 3 is 2.09 bits per heavy atom. The Balaban J connectivity index is 3.11. The minimum absolute atomic E-state index is 0.0455. The molecular weight excluding hydrogens is 366 g/mol. The zero-order chi connectivity index (χ0) is 17.3. The van der Waals surface area contributed by atoms with Gasteiger partial charge in [0.2, 0.25) is 5.91 Å². The highest BCUT2D eigenvalue weighted by Crippen LogP contribution is 2.46. The highest BCUT2D eigenvalue weighted by Gasteiger charge is 2.58. The number of methoxy groups -OCH3 is 2. The van der Waals surface area contributed by atoms with Gasteiger partial charge in [0.15, 0.2) is 14.0 Å². The first-order chi connectivity index (χ1) is 10.0. The first kappa shape index (κ1) is 20.1. The number of rotatable bonds is 7. The van der Waals surface area contributed by atoms with E-state index in [1.807, 2.05) is 4.57 Å². The number of amides is 1. The molecule has 1 heterocycles. The van der Waals surface area contributed by atoms with Gasteiger partial charge in [-0.3, -0.25) is 4.79 Å². The van der Waals surface area contributed by atoms with Crippen molar-refractivity contribution in [1.29, 1.82) is 0 Å². The van der Waals surface area contributed by atoms with Gasteiger partial charge in [-0.1, -0.05) is 49.8 Å². The number of hydrogen-bond acceptors (Lipinski definition) is 4. The first-order valence-electron chi connectivity index (χ1n) is 7.61. The van der Waals surface area contributed by atoms with Crippen molar-refractivity contribution in [3.05, 3.63) is 0 Å². The van der Waals surface area contributed by atoms with Gasteiger partial charge < -0.3 is 19.1 Å².